The van der Waals surface area contributed by atoms with Gasteiger partial charge in [-0.2, -0.15) is 0 Å². The van der Waals surface area contributed by atoms with Crippen LogP contribution in [0.4, 0.5) is 0 Å². The molecule has 0 aliphatic heterocycles. The Balaban J connectivity index is 2.65. The molecule has 0 spiro atoms. The maximum absolute atomic E-state index is 5.50. The zero-order valence-electron chi connectivity index (χ0n) is 11.0. The summed E-state index contributed by atoms with van der Waals surface area (Å²) in [5.41, 5.74) is 1.23. The van der Waals surface area contributed by atoms with E-state index in [2.05, 4.69) is 53.6 Å². The molecule has 1 heterocycles. The zero-order chi connectivity index (χ0) is 12.9. The van der Waals surface area contributed by atoms with E-state index in [1.165, 1.54) is 0 Å². The molecule has 1 rings (SSSR count). The van der Waals surface area contributed by atoms with Crippen LogP contribution in [0, 0.1) is 5.41 Å². The lowest BCUT2D eigenvalue weighted by atomic mass is 9.89. The summed E-state index contributed by atoms with van der Waals surface area (Å²) in [4.78, 5) is 8.77. The Hall–Kier alpha value is -0.640. The summed E-state index contributed by atoms with van der Waals surface area (Å²) in [5.74, 6) is 0.672. The minimum Gasteiger partial charge on any atom is -0.478 e. The van der Waals surface area contributed by atoms with Crippen molar-refractivity contribution in [3.8, 4) is 5.88 Å². The summed E-state index contributed by atoms with van der Waals surface area (Å²) in [6.45, 7) is 9.41. The first-order valence-corrected chi connectivity index (χ1v) is 6.93. The van der Waals surface area contributed by atoms with Gasteiger partial charge in [-0.15, -0.1) is 0 Å². The highest BCUT2D eigenvalue weighted by Crippen LogP contribution is 2.28. The predicted molar refractivity (Wildman–Crippen MR) is 73.7 cm³/mol. The third-order valence-electron chi connectivity index (χ3n) is 2.48. The molecule has 0 fully saturated rings. The van der Waals surface area contributed by atoms with Crippen molar-refractivity contribution >= 4 is 15.9 Å². The van der Waals surface area contributed by atoms with Crippen LogP contribution in [0.2, 0.25) is 0 Å². The molecule has 0 saturated heterocycles. The molecule has 0 radical (unpaired) electrons. The average Bonchev–Trinajstić information content (AvgIpc) is 2.25. The van der Waals surface area contributed by atoms with Gasteiger partial charge in [0.05, 0.1) is 6.61 Å². The van der Waals surface area contributed by atoms with Crippen molar-refractivity contribution in [2.24, 2.45) is 5.41 Å². The molecule has 1 unspecified atom stereocenters. The van der Waals surface area contributed by atoms with E-state index in [9.17, 15) is 0 Å². The van der Waals surface area contributed by atoms with Gasteiger partial charge < -0.3 is 4.74 Å². The second-order valence-electron chi connectivity index (χ2n) is 5.23. The van der Waals surface area contributed by atoms with Crippen molar-refractivity contribution in [3.63, 3.8) is 0 Å². The normalized spacial score (nSPS) is 13.5. The molecular weight excluding hydrogens is 280 g/mol. The SMILES string of the molecule is CCCOc1cc(CC(Br)C(C)(C)C)ncn1. The van der Waals surface area contributed by atoms with Crippen LogP contribution >= 0.6 is 15.9 Å². The van der Waals surface area contributed by atoms with Crippen molar-refractivity contribution in [2.45, 2.75) is 45.4 Å². The van der Waals surface area contributed by atoms with Gasteiger partial charge in [0, 0.05) is 23.0 Å². The molecular formula is C13H21BrN2O. The Morgan fingerprint density at radius 1 is 1.35 bits per heavy atom. The minimum absolute atomic E-state index is 0.218. The molecule has 1 atom stereocenters. The lowest BCUT2D eigenvalue weighted by Crippen LogP contribution is -2.22. The number of ether oxygens (including phenoxy) is 1. The number of hydrogen-bond donors (Lipinski definition) is 0. The largest absolute Gasteiger partial charge is 0.478 e. The summed E-state index contributed by atoms with van der Waals surface area (Å²) in [7, 11) is 0. The van der Waals surface area contributed by atoms with Crippen LogP contribution in [0.5, 0.6) is 5.88 Å². The minimum atomic E-state index is 0.218. The first-order valence-electron chi connectivity index (χ1n) is 6.01. The zero-order valence-corrected chi connectivity index (χ0v) is 12.6. The molecule has 96 valence electrons. The van der Waals surface area contributed by atoms with Crippen molar-refractivity contribution in [1.82, 2.24) is 9.97 Å². The van der Waals surface area contributed by atoms with Gasteiger partial charge in [0.2, 0.25) is 5.88 Å². The highest BCUT2D eigenvalue weighted by atomic mass is 79.9. The number of rotatable bonds is 5. The van der Waals surface area contributed by atoms with E-state index in [-0.39, 0.29) is 5.41 Å². The maximum atomic E-state index is 5.50. The van der Waals surface area contributed by atoms with Gasteiger partial charge in [0.25, 0.3) is 0 Å². The summed E-state index contributed by atoms with van der Waals surface area (Å²) in [6.07, 6.45) is 3.44. The van der Waals surface area contributed by atoms with Crippen LogP contribution in [-0.4, -0.2) is 21.4 Å². The van der Waals surface area contributed by atoms with Crippen LogP contribution < -0.4 is 4.74 Å². The molecule has 0 aliphatic rings. The number of alkyl halides is 1. The highest BCUT2D eigenvalue weighted by Gasteiger charge is 2.22. The standard InChI is InChI=1S/C13H21BrN2O/c1-5-6-17-12-8-10(15-9-16-12)7-11(14)13(2,3)4/h8-9,11H,5-7H2,1-4H3. The second kappa shape index (κ2) is 6.34. The monoisotopic (exact) mass is 300 g/mol. The van der Waals surface area contributed by atoms with E-state index in [4.69, 9.17) is 4.74 Å². The Morgan fingerprint density at radius 2 is 2.06 bits per heavy atom. The summed E-state index contributed by atoms with van der Waals surface area (Å²) in [6, 6.07) is 1.93. The van der Waals surface area contributed by atoms with Gasteiger partial charge in [0.1, 0.15) is 6.33 Å². The average molecular weight is 301 g/mol. The fourth-order valence-corrected chi connectivity index (χ4v) is 1.60. The number of halogens is 1. The molecule has 0 N–H and O–H groups in total. The molecule has 4 heteroatoms. The maximum Gasteiger partial charge on any atom is 0.216 e. The molecule has 0 aliphatic carbocycles. The lowest BCUT2D eigenvalue weighted by Gasteiger charge is -2.25. The fourth-order valence-electron chi connectivity index (χ4n) is 1.26. The van der Waals surface area contributed by atoms with Gasteiger partial charge in [-0.05, 0) is 11.8 Å². The van der Waals surface area contributed by atoms with Gasteiger partial charge in [-0.3, -0.25) is 0 Å². The van der Waals surface area contributed by atoms with Crippen molar-refractivity contribution in [2.75, 3.05) is 6.61 Å². The third-order valence-corrected chi connectivity index (χ3v) is 4.18. The highest BCUT2D eigenvalue weighted by molar-refractivity contribution is 9.09. The van der Waals surface area contributed by atoms with Gasteiger partial charge in [-0.1, -0.05) is 43.6 Å². The van der Waals surface area contributed by atoms with E-state index in [1.54, 1.807) is 6.33 Å². The van der Waals surface area contributed by atoms with Crippen LogP contribution in [0.3, 0.4) is 0 Å². The summed E-state index contributed by atoms with van der Waals surface area (Å²) in [5, 5.41) is 0. The summed E-state index contributed by atoms with van der Waals surface area (Å²) < 4.78 is 5.50. The molecule has 0 bridgehead atoms. The van der Waals surface area contributed by atoms with Crippen molar-refractivity contribution in [3.05, 3.63) is 18.1 Å². The van der Waals surface area contributed by atoms with E-state index >= 15 is 0 Å². The second-order valence-corrected chi connectivity index (χ2v) is 6.34. The van der Waals surface area contributed by atoms with Gasteiger partial charge in [-0.25, -0.2) is 9.97 Å². The first kappa shape index (κ1) is 14.4. The Kier molecular flexibility index (Phi) is 5.37. The molecule has 0 saturated carbocycles. The molecule has 0 aromatic carbocycles. The Labute approximate surface area is 112 Å². The summed E-state index contributed by atoms with van der Waals surface area (Å²) >= 11 is 3.71. The third kappa shape index (κ3) is 5.02. The lowest BCUT2D eigenvalue weighted by molar-refractivity contribution is 0.303. The molecule has 3 nitrogen and oxygen atoms in total. The predicted octanol–water partition coefficient (Wildman–Crippen LogP) is 3.62. The first-order chi connectivity index (χ1) is 7.93. The Bertz CT molecular complexity index is 350. The molecule has 1 aromatic rings. The van der Waals surface area contributed by atoms with Crippen LogP contribution in [0.15, 0.2) is 12.4 Å². The van der Waals surface area contributed by atoms with Crippen LogP contribution in [-0.2, 0) is 6.42 Å². The number of aromatic nitrogens is 2. The van der Waals surface area contributed by atoms with E-state index < -0.39 is 0 Å². The van der Waals surface area contributed by atoms with Gasteiger partial charge in [0.15, 0.2) is 0 Å². The smallest absolute Gasteiger partial charge is 0.216 e. The molecule has 1 aromatic heterocycles. The van der Waals surface area contributed by atoms with Crippen LogP contribution in [0.1, 0.15) is 39.8 Å². The van der Waals surface area contributed by atoms with Gasteiger partial charge >= 0.3 is 0 Å². The molecule has 0 amide bonds. The van der Waals surface area contributed by atoms with Crippen LogP contribution in [0.25, 0.3) is 0 Å². The molecule has 17 heavy (non-hydrogen) atoms. The van der Waals surface area contributed by atoms with E-state index in [1.807, 2.05) is 6.07 Å². The van der Waals surface area contributed by atoms with E-state index in [0.717, 1.165) is 18.5 Å². The Morgan fingerprint density at radius 3 is 2.65 bits per heavy atom. The topological polar surface area (TPSA) is 35.0 Å². The van der Waals surface area contributed by atoms with E-state index in [0.29, 0.717) is 17.3 Å². The van der Waals surface area contributed by atoms with Crippen molar-refractivity contribution in [1.29, 1.82) is 0 Å². The quantitative estimate of drug-likeness (QED) is 0.779. The number of hydrogen-bond acceptors (Lipinski definition) is 3. The fraction of sp³-hybridized carbons (Fsp3) is 0.692. The number of nitrogens with zero attached hydrogens (tertiary/aromatic N) is 2. The van der Waals surface area contributed by atoms with Crippen molar-refractivity contribution < 1.29 is 4.74 Å².